The number of pyridine rings is 1. The number of aromatic nitrogens is 1. The maximum absolute atomic E-state index is 13.6. The van der Waals surface area contributed by atoms with Gasteiger partial charge in [0.15, 0.2) is 5.78 Å². The van der Waals surface area contributed by atoms with E-state index in [-0.39, 0.29) is 123 Å². The molecule has 2 aromatic rings. The predicted molar refractivity (Wildman–Crippen MR) is 313 cm³/mol. The van der Waals surface area contributed by atoms with Crippen LogP contribution in [0.5, 0.6) is 0 Å². The first kappa shape index (κ1) is 74.2. The zero-order valence-corrected chi connectivity index (χ0v) is 48.7. The summed E-state index contributed by atoms with van der Waals surface area (Å²) in [5.41, 5.74) is 6.35. The van der Waals surface area contributed by atoms with Crippen LogP contribution >= 0.6 is 21.6 Å². The van der Waals surface area contributed by atoms with E-state index in [9.17, 15) is 67.1 Å². The number of imide groups is 3. The number of unbranched alkanes of at least 4 members (excludes halogenated alkanes) is 6. The number of amides is 11. The molecular weight excluding hydrogens is 1160 g/mol. The van der Waals surface area contributed by atoms with Crippen molar-refractivity contribution in [1.29, 1.82) is 0 Å². The molecular formula is C57H81N9O18S2. The SMILES string of the molecule is C.C.CC(C)[C@H](NC(=O)CCCCCCC(=O)ON1C(=O)CCC1=O)C(=O)C[C@@H](CCCNC(N)=O)C(=O)Nc1ccc(COC(=O)NCCSSc2ccccn2)cc1.O=C(CCCCCCC(=O)ON1C(=O)CCC1=O)ON1C(=O)CCC1=O. The number of carbonyl (C=O) groups excluding carboxylic acids is 14. The molecule has 3 aliphatic rings. The summed E-state index contributed by atoms with van der Waals surface area (Å²) in [6.07, 6.45) is 6.60. The molecule has 0 spiro atoms. The van der Waals surface area contributed by atoms with Gasteiger partial charge >= 0.3 is 30.0 Å². The number of benzene rings is 1. The maximum atomic E-state index is 13.6. The van der Waals surface area contributed by atoms with Gasteiger partial charge in [-0.25, -0.2) is 29.0 Å². The smallest absolute Gasteiger partial charge is 0.407 e. The van der Waals surface area contributed by atoms with Crippen molar-refractivity contribution in [3.8, 4) is 0 Å². The normalized spacial score (nSPS) is 14.2. The number of carbonyl (C=O) groups is 14. The number of primary amides is 1. The van der Waals surface area contributed by atoms with Gasteiger partial charge in [-0.05, 0) is 85.1 Å². The fourth-order valence-corrected chi connectivity index (χ4v) is 9.94. The number of ether oxygens (including phenoxy) is 1. The van der Waals surface area contributed by atoms with Crippen molar-refractivity contribution in [2.75, 3.05) is 24.2 Å². The molecule has 0 radical (unpaired) electrons. The van der Waals surface area contributed by atoms with E-state index in [2.05, 4.69) is 26.3 Å². The van der Waals surface area contributed by atoms with Crippen molar-refractivity contribution < 1.29 is 86.4 Å². The summed E-state index contributed by atoms with van der Waals surface area (Å²) in [6.45, 7) is 4.25. The molecule has 6 N–H and O–H groups in total. The summed E-state index contributed by atoms with van der Waals surface area (Å²) in [4.78, 5) is 185. The van der Waals surface area contributed by atoms with Crippen molar-refractivity contribution in [3.63, 3.8) is 0 Å². The Morgan fingerprint density at radius 2 is 1.08 bits per heavy atom. The quantitative estimate of drug-likeness (QED) is 0.0275. The van der Waals surface area contributed by atoms with Crippen LogP contribution in [0.15, 0.2) is 53.7 Å². The molecule has 474 valence electrons. The Balaban J connectivity index is 0.000000752. The predicted octanol–water partition coefficient (Wildman–Crippen LogP) is 6.61. The minimum absolute atomic E-state index is 0. The van der Waals surface area contributed by atoms with Crippen LogP contribution in [-0.4, -0.2) is 128 Å². The molecule has 4 heterocycles. The Morgan fingerprint density at radius 3 is 1.52 bits per heavy atom. The van der Waals surface area contributed by atoms with Crippen molar-refractivity contribution in [3.05, 3.63) is 54.2 Å². The number of ketones is 1. The third kappa shape index (κ3) is 28.3. The molecule has 3 saturated heterocycles. The van der Waals surface area contributed by atoms with Gasteiger partial charge in [0.25, 0.3) is 35.4 Å². The fourth-order valence-electron chi connectivity index (χ4n) is 8.16. The van der Waals surface area contributed by atoms with Crippen LogP contribution in [0, 0.1) is 11.8 Å². The largest absolute Gasteiger partial charge is 0.445 e. The van der Waals surface area contributed by atoms with Crippen molar-refractivity contribution >= 4 is 110 Å². The number of urea groups is 1. The third-order valence-corrected chi connectivity index (χ3v) is 14.9. The van der Waals surface area contributed by atoms with Gasteiger partial charge < -0.3 is 46.3 Å². The first-order valence-corrected chi connectivity index (χ1v) is 30.1. The second-order valence-electron chi connectivity index (χ2n) is 19.8. The van der Waals surface area contributed by atoms with Crippen LogP contribution in [0.4, 0.5) is 15.3 Å². The Bertz CT molecular complexity index is 2550. The summed E-state index contributed by atoms with van der Waals surface area (Å²) in [5.74, 6) is -6.53. The number of hydroxylamine groups is 6. The van der Waals surface area contributed by atoms with E-state index in [4.69, 9.17) is 25.0 Å². The number of hydrogen-bond donors (Lipinski definition) is 5. The Hall–Kier alpha value is -7.95. The van der Waals surface area contributed by atoms with Gasteiger partial charge in [0.2, 0.25) is 11.8 Å². The van der Waals surface area contributed by atoms with Crippen LogP contribution in [0.2, 0.25) is 0 Å². The second-order valence-corrected chi connectivity index (χ2v) is 22.3. The number of hydrogen-bond acceptors (Lipinski definition) is 21. The molecule has 0 saturated carbocycles. The van der Waals surface area contributed by atoms with Gasteiger partial charge in [-0.1, -0.05) is 83.4 Å². The lowest BCUT2D eigenvalue weighted by molar-refractivity contribution is -0.197. The van der Waals surface area contributed by atoms with E-state index < -0.39 is 83.3 Å². The van der Waals surface area contributed by atoms with Crippen LogP contribution in [-0.2, 0) is 83.4 Å². The van der Waals surface area contributed by atoms with Crippen LogP contribution in [0.25, 0.3) is 0 Å². The molecule has 3 aliphatic heterocycles. The minimum atomic E-state index is -0.835. The Labute approximate surface area is 508 Å². The number of Topliss-reactive ketones (excluding diaryl/α,β-unsaturated/α-hetero) is 1. The van der Waals surface area contributed by atoms with E-state index >= 15 is 0 Å². The Morgan fingerprint density at radius 1 is 0.605 bits per heavy atom. The van der Waals surface area contributed by atoms with E-state index in [0.717, 1.165) is 5.03 Å². The molecule has 1 aromatic heterocycles. The average molecular weight is 1240 g/mol. The van der Waals surface area contributed by atoms with Crippen molar-refractivity contribution in [2.45, 2.75) is 181 Å². The highest BCUT2D eigenvalue weighted by Gasteiger charge is 2.35. The molecule has 11 amide bonds. The average Bonchev–Trinajstić information content (AvgIpc) is 4.29. The molecule has 29 heteroatoms. The zero-order valence-electron chi connectivity index (χ0n) is 47.1. The van der Waals surface area contributed by atoms with Gasteiger partial charge in [0, 0.05) is 107 Å². The van der Waals surface area contributed by atoms with Gasteiger partial charge in [-0.2, -0.15) is 0 Å². The molecule has 1 aromatic carbocycles. The first-order valence-electron chi connectivity index (χ1n) is 27.8. The molecule has 3 fully saturated rings. The van der Waals surface area contributed by atoms with Gasteiger partial charge in [0.05, 0.1) is 6.04 Å². The van der Waals surface area contributed by atoms with Crippen LogP contribution < -0.4 is 27.0 Å². The lowest BCUT2D eigenvalue weighted by atomic mass is 9.89. The zero-order chi connectivity index (χ0) is 61.4. The van der Waals surface area contributed by atoms with E-state index in [1.54, 1.807) is 55.1 Å². The lowest BCUT2D eigenvalue weighted by Crippen LogP contribution is -2.45. The fraction of sp³-hybridized carbons (Fsp3) is 0.561. The van der Waals surface area contributed by atoms with E-state index in [0.29, 0.717) is 96.5 Å². The molecule has 0 aliphatic carbocycles. The minimum Gasteiger partial charge on any atom is -0.445 e. The number of anilines is 1. The number of alkyl carbamates (subject to hydrolysis) is 1. The number of nitrogens with zero attached hydrogens (tertiary/aromatic N) is 4. The highest BCUT2D eigenvalue weighted by atomic mass is 33.1. The summed E-state index contributed by atoms with van der Waals surface area (Å²) in [6, 6.07) is 10.9. The molecule has 86 heavy (non-hydrogen) atoms. The monoisotopic (exact) mass is 1240 g/mol. The standard InChI is InChI=1S/C39H53N7O10S2.C16H20N2O8.2CH4/c1-26(2)36(45-31(48)11-5-3-4-6-13-35(51)56-46-33(49)18-19-34(46)50)30(47)24-28(10-9-21-42-38(40)53)37(52)44-29-16-14-27(15-17-29)25-55-39(54)43-22-23-57-58-32-12-7-8-20-41-32;19-11-7-8-12(20)17(11)25-15(23)5-3-1-2-4-6-16(24)26-18-13(21)9-10-14(18)22;;/h7-8,12,14-17,20,26,28,36H,3-6,9-11,13,18-19,21-25H2,1-2H3,(H,43,54)(H,44,52)(H,45,48)(H3,40,42,53);1-10H2;2*1H4/t28-,36+;;;/m1.../s1. The molecule has 2 atom stereocenters. The Kier molecular flexibility index (Phi) is 34.8. The van der Waals surface area contributed by atoms with Crippen LogP contribution in [0.1, 0.15) is 169 Å². The van der Waals surface area contributed by atoms with E-state index in [1.165, 1.54) is 10.8 Å². The molecule has 5 rings (SSSR count). The van der Waals surface area contributed by atoms with E-state index in [1.807, 2.05) is 18.2 Å². The first-order chi connectivity index (χ1) is 40.2. The third-order valence-electron chi connectivity index (χ3n) is 12.6. The highest BCUT2D eigenvalue weighted by Crippen LogP contribution is 2.28. The summed E-state index contributed by atoms with van der Waals surface area (Å²) in [5, 5.41) is 13.3. The molecule has 27 nitrogen and oxygen atoms in total. The van der Waals surface area contributed by atoms with Gasteiger partial charge in [0.1, 0.15) is 11.6 Å². The van der Waals surface area contributed by atoms with Crippen molar-refractivity contribution in [1.82, 2.24) is 36.1 Å². The number of rotatable bonds is 35. The maximum Gasteiger partial charge on any atom is 0.407 e. The van der Waals surface area contributed by atoms with Gasteiger partial charge in [-0.3, -0.25) is 43.2 Å². The summed E-state index contributed by atoms with van der Waals surface area (Å²) in [7, 11) is 3.08. The summed E-state index contributed by atoms with van der Waals surface area (Å²) < 4.78 is 5.30. The topological polar surface area (TPSA) is 373 Å². The molecule has 0 bridgehead atoms. The van der Waals surface area contributed by atoms with Crippen molar-refractivity contribution in [2.24, 2.45) is 17.6 Å². The number of nitrogens with one attached hydrogen (secondary N) is 4. The molecule has 0 unspecified atom stereocenters. The second kappa shape index (κ2) is 40.4. The summed E-state index contributed by atoms with van der Waals surface area (Å²) >= 11 is 0. The highest BCUT2D eigenvalue weighted by molar-refractivity contribution is 8.76. The number of nitrogens with two attached hydrogens (primary N) is 1. The van der Waals surface area contributed by atoms with Gasteiger partial charge in [-0.15, -0.1) is 15.2 Å². The van der Waals surface area contributed by atoms with Crippen LogP contribution in [0.3, 0.4) is 0 Å². The lowest BCUT2D eigenvalue weighted by Gasteiger charge is -2.24.